The van der Waals surface area contributed by atoms with Crippen LogP contribution in [0.3, 0.4) is 0 Å². The van der Waals surface area contributed by atoms with Gasteiger partial charge in [-0.1, -0.05) is 13.8 Å². The number of piperazine rings is 1. The van der Waals surface area contributed by atoms with E-state index in [1.165, 1.54) is 0 Å². The number of carbonyl (C=O) groups is 2. The van der Waals surface area contributed by atoms with E-state index in [1.807, 2.05) is 39.5 Å². The first-order valence-corrected chi connectivity index (χ1v) is 6.56. The highest BCUT2D eigenvalue weighted by Gasteiger charge is 2.26. The zero-order chi connectivity index (χ0) is 13.9. The molecule has 104 valence electrons. The van der Waals surface area contributed by atoms with Crippen LogP contribution in [-0.2, 0) is 4.79 Å². The highest BCUT2D eigenvalue weighted by molar-refractivity contribution is 5.79. The Labute approximate surface area is 110 Å². The highest BCUT2D eigenvalue weighted by Crippen LogP contribution is 2.08. The molecule has 3 amide bonds. The molecule has 0 saturated carbocycles. The summed E-state index contributed by atoms with van der Waals surface area (Å²) in [5.74, 6) is 0.200. The molecule has 1 fully saturated rings. The Kier molecular flexibility index (Phi) is 4.59. The summed E-state index contributed by atoms with van der Waals surface area (Å²) in [7, 11) is 0. The van der Waals surface area contributed by atoms with Crippen molar-refractivity contribution in [3.05, 3.63) is 0 Å². The topological polar surface area (TPSA) is 52.7 Å². The Bertz CT molecular complexity index is 313. The maximum Gasteiger partial charge on any atom is 0.317 e. The van der Waals surface area contributed by atoms with Crippen molar-refractivity contribution in [3.63, 3.8) is 0 Å². The van der Waals surface area contributed by atoms with Crippen LogP contribution in [0.1, 0.15) is 34.6 Å². The molecule has 18 heavy (non-hydrogen) atoms. The first kappa shape index (κ1) is 14.8. The van der Waals surface area contributed by atoms with E-state index >= 15 is 0 Å². The van der Waals surface area contributed by atoms with Gasteiger partial charge in [-0.3, -0.25) is 4.79 Å². The third kappa shape index (κ3) is 4.20. The second kappa shape index (κ2) is 5.59. The van der Waals surface area contributed by atoms with E-state index in [-0.39, 0.29) is 23.4 Å². The molecule has 0 aliphatic carbocycles. The molecule has 0 bridgehead atoms. The third-order valence-corrected chi connectivity index (χ3v) is 2.85. The van der Waals surface area contributed by atoms with Gasteiger partial charge in [0.2, 0.25) is 5.91 Å². The lowest BCUT2D eigenvalue weighted by Crippen LogP contribution is -2.56. The van der Waals surface area contributed by atoms with Crippen molar-refractivity contribution in [2.24, 2.45) is 5.92 Å². The smallest absolute Gasteiger partial charge is 0.317 e. The summed E-state index contributed by atoms with van der Waals surface area (Å²) in [6.07, 6.45) is 0. The van der Waals surface area contributed by atoms with Crippen LogP contribution >= 0.6 is 0 Å². The molecule has 5 nitrogen and oxygen atoms in total. The number of nitrogens with zero attached hydrogens (tertiary/aromatic N) is 2. The first-order valence-electron chi connectivity index (χ1n) is 6.56. The largest absolute Gasteiger partial charge is 0.339 e. The summed E-state index contributed by atoms with van der Waals surface area (Å²) >= 11 is 0. The molecule has 5 heteroatoms. The molecular weight excluding hydrogens is 230 g/mol. The molecule has 1 saturated heterocycles. The van der Waals surface area contributed by atoms with Gasteiger partial charge in [-0.05, 0) is 20.8 Å². The number of rotatable bonds is 1. The van der Waals surface area contributed by atoms with Crippen LogP contribution < -0.4 is 5.32 Å². The molecule has 1 rings (SSSR count). The van der Waals surface area contributed by atoms with Gasteiger partial charge in [0.15, 0.2) is 0 Å². The van der Waals surface area contributed by atoms with Crippen LogP contribution in [-0.4, -0.2) is 53.5 Å². The summed E-state index contributed by atoms with van der Waals surface area (Å²) < 4.78 is 0. The number of urea groups is 1. The maximum absolute atomic E-state index is 11.9. The van der Waals surface area contributed by atoms with Crippen molar-refractivity contribution in [3.8, 4) is 0 Å². The molecule has 0 radical (unpaired) electrons. The monoisotopic (exact) mass is 255 g/mol. The van der Waals surface area contributed by atoms with E-state index in [0.29, 0.717) is 26.2 Å². The van der Waals surface area contributed by atoms with E-state index in [1.54, 1.807) is 4.90 Å². The fourth-order valence-corrected chi connectivity index (χ4v) is 1.89. The summed E-state index contributed by atoms with van der Waals surface area (Å²) in [5.41, 5.74) is -0.220. The third-order valence-electron chi connectivity index (χ3n) is 2.85. The van der Waals surface area contributed by atoms with Gasteiger partial charge in [0.05, 0.1) is 0 Å². The van der Waals surface area contributed by atoms with Crippen molar-refractivity contribution in [1.29, 1.82) is 0 Å². The molecule has 0 aromatic heterocycles. The molecule has 0 aromatic rings. The van der Waals surface area contributed by atoms with E-state index in [0.717, 1.165) is 0 Å². The minimum Gasteiger partial charge on any atom is -0.339 e. The molecule has 1 aliphatic heterocycles. The Balaban J connectivity index is 2.44. The fourth-order valence-electron chi connectivity index (χ4n) is 1.89. The summed E-state index contributed by atoms with van der Waals surface area (Å²) in [6.45, 7) is 12.2. The Morgan fingerprint density at radius 1 is 1.00 bits per heavy atom. The van der Waals surface area contributed by atoms with E-state index < -0.39 is 0 Å². The summed E-state index contributed by atoms with van der Waals surface area (Å²) in [6, 6.07) is -0.0425. The second-order valence-electron chi connectivity index (χ2n) is 6.15. The van der Waals surface area contributed by atoms with Crippen LogP contribution in [0.15, 0.2) is 0 Å². The van der Waals surface area contributed by atoms with Crippen LogP contribution in [0.5, 0.6) is 0 Å². The molecule has 0 spiro atoms. The Hall–Kier alpha value is -1.26. The molecule has 1 aliphatic rings. The Morgan fingerprint density at radius 2 is 1.44 bits per heavy atom. The number of hydrogen-bond acceptors (Lipinski definition) is 2. The lowest BCUT2D eigenvalue weighted by atomic mass is 10.1. The highest BCUT2D eigenvalue weighted by atomic mass is 16.2. The molecule has 0 aromatic carbocycles. The van der Waals surface area contributed by atoms with Crippen LogP contribution in [0.25, 0.3) is 0 Å². The fraction of sp³-hybridized carbons (Fsp3) is 0.846. The van der Waals surface area contributed by atoms with Gasteiger partial charge in [0.25, 0.3) is 0 Å². The van der Waals surface area contributed by atoms with Gasteiger partial charge in [-0.25, -0.2) is 4.79 Å². The summed E-state index contributed by atoms with van der Waals surface area (Å²) in [5, 5.41) is 2.94. The van der Waals surface area contributed by atoms with E-state index in [4.69, 9.17) is 0 Å². The van der Waals surface area contributed by atoms with Crippen molar-refractivity contribution >= 4 is 11.9 Å². The zero-order valence-corrected chi connectivity index (χ0v) is 12.1. The quantitative estimate of drug-likeness (QED) is 0.767. The lowest BCUT2D eigenvalue weighted by Gasteiger charge is -2.37. The van der Waals surface area contributed by atoms with Crippen molar-refractivity contribution < 1.29 is 9.59 Å². The van der Waals surface area contributed by atoms with Gasteiger partial charge in [-0.15, -0.1) is 0 Å². The minimum atomic E-state index is -0.220. The molecule has 0 unspecified atom stereocenters. The minimum absolute atomic E-state index is 0.0277. The number of hydrogen-bond donors (Lipinski definition) is 1. The van der Waals surface area contributed by atoms with Gasteiger partial charge in [-0.2, -0.15) is 0 Å². The lowest BCUT2D eigenvalue weighted by molar-refractivity contribution is -0.135. The van der Waals surface area contributed by atoms with Gasteiger partial charge in [0, 0.05) is 37.6 Å². The summed E-state index contributed by atoms with van der Waals surface area (Å²) in [4.78, 5) is 27.4. The van der Waals surface area contributed by atoms with E-state index in [2.05, 4.69) is 5.32 Å². The van der Waals surface area contributed by atoms with E-state index in [9.17, 15) is 9.59 Å². The normalized spacial score (nSPS) is 17.0. The average molecular weight is 255 g/mol. The van der Waals surface area contributed by atoms with Crippen molar-refractivity contribution in [2.45, 2.75) is 40.2 Å². The first-order chi connectivity index (χ1) is 8.20. The molecule has 1 N–H and O–H groups in total. The molecule has 1 heterocycles. The zero-order valence-electron chi connectivity index (χ0n) is 12.1. The van der Waals surface area contributed by atoms with Crippen LogP contribution in [0.2, 0.25) is 0 Å². The standard InChI is InChI=1S/C13H25N3O2/c1-10(2)11(17)15-6-8-16(9-7-15)12(18)14-13(3,4)5/h10H,6-9H2,1-5H3,(H,14,18). The SMILES string of the molecule is CC(C)C(=O)N1CCN(C(=O)NC(C)(C)C)CC1. The van der Waals surface area contributed by atoms with Crippen LogP contribution in [0.4, 0.5) is 4.79 Å². The van der Waals surface area contributed by atoms with Crippen LogP contribution in [0, 0.1) is 5.92 Å². The second-order valence-corrected chi connectivity index (χ2v) is 6.15. The number of amides is 3. The molecule has 0 atom stereocenters. The number of carbonyl (C=O) groups excluding carboxylic acids is 2. The predicted molar refractivity (Wildman–Crippen MR) is 71.3 cm³/mol. The van der Waals surface area contributed by atoms with Crippen molar-refractivity contribution in [2.75, 3.05) is 26.2 Å². The average Bonchev–Trinajstić information content (AvgIpc) is 2.26. The maximum atomic E-state index is 11.9. The number of nitrogens with one attached hydrogen (secondary N) is 1. The van der Waals surface area contributed by atoms with Gasteiger partial charge in [0.1, 0.15) is 0 Å². The molecular formula is C13H25N3O2. The van der Waals surface area contributed by atoms with Gasteiger partial charge < -0.3 is 15.1 Å². The predicted octanol–water partition coefficient (Wildman–Crippen LogP) is 1.29. The Morgan fingerprint density at radius 3 is 1.83 bits per heavy atom. The van der Waals surface area contributed by atoms with Gasteiger partial charge >= 0.3 is 6.03 Å². The van der Waals surface area contributed by atoms with Crippen molar-refractivity contribution in [1.82, 2.24) is 15.1 Å².